The van der Waals surface area contributed by atoms with Crippen molar-refractivity contribution in [3.8, 4) is 34.5 Å². The van der Waals surface area contributed by atoms with Crippen molar-refractivity contribution in [1.82, 2.24) is 14.7 Å². The maximum atomic E-state index is 14.3. The van der Waals surface area contributed by atoms with Crippen LogP contribution in [0.3, 0.4) is 0 Å². The molecule has 0 N–H and O–H groups in total. The Labute approximate surface area is 260 Å². The molecule has 0 spiro atoms. The van der Waals surface area contributed by atoms with Crippen LogP contribution >= 0.6 is 0 Å². The van der Waals surface area contributed by atoms with Crippen LogP contribution < -0.4 is 9.47 Å². The van der Waals surface area contributed by atoms with Crippen molar-refractivity contribution >= 4 is 33.3 Å². The van der Waals surface area contributed by atoms with Gasteiger partial charge < -0.3 is 9.47 Å². The van der Waals surface area contributed by atoms with E-state index in [1.54, 1.807) is 66.5 Å². The predicted octanol–water partition coefficient (Wildman–Crippen LogP) is 4.47. The number of rotatable bonds is 7. The normalized spacial score (nSPS) is 18.7. The van der Waals surface area contributed by atoms with E-state index in [2.05, 4.69) is 0 Å². The quantitative estimate of drug-likeness (QED) is 0.218. The number of hydrogen-bond acceptors (Lipinski definition) is 8. The molecule has 10 nitrogen and oxygen atoms in total. The molecule has 2 aliphatic rings. The van der Waals surface area contributed by atoms with Crippen LogP contribution in [0.25, 0.3) is 28.6 Å². The first-order valence-corrected chi connectivity index (χ1v) is 15.9. The second kappa shape index (κ2) is 11.9. The molecule has 226 valence electrons. The van der Waals surface area contributed by atoms with E-state index in [4.69, 9.17) is 14.6 Å². The second-order valence-corrected chi connectivity index (χ2v) is 12.8. The molecule has 0 bridgehead atoms. The number of imide groups is 1. The molecule has 2 aliphatic heterocycles. The highest BCUT2D eigenvalue weighted by Crippen LogP contribution is 2.39. The molecule has 4 aromatic rings. The third-order valence-corrected chi connectivity index (χ3v) is 9.62. The molecule has 2 amide bonds. The molecule has 1 saturated heterocycles. The molecular weight excluding hydrogens is 592 g/mol. The summed E-state index contributed by atoms with van der Waals surface area (Å²) in [4.78, 5) is 29.0. The van der Waals surface area contributed by atoms with E-state index >= 15 is 0 Å². The zero-order valence-corrected chi connectivity index (χ0v) is 25.3. The Morgan fingerprint density at radius 3 is 2.22 bits per heavy atom. The monoisotopic (exact) mass is 620 g/mol. The Hall–Kier alpha value is -5.47. The third-order valence-electron chi connectivity index (χ3n) is 7.87. The molecule has 1 unspecified atom stereocenters. The highest BCUT2D eigenvalue weighted by Gasteiger charge is 2.45. The van der Waals surface area contributed by atoms with E-state index in [1.807, 2.05) is 42.5 Å². The van der Waals surface area contributed by atoms with Gasteiger partial charge in [0.25, 0.3) is 11.8 Å². The summed E-state index contributed by atoms with van der Waals surface area (Å²) in [5.41, 5.74) is 2.97. The maximum absolute atomic E-state index is 14.3. The molecule has 45 heavy (non-hydrogen) atoms. The second-order valence-electron chi connectivity index (χ2n) is 10.6. The van der Waals surface area contributed by atoms with Crippen LogP contribution in [0.2, 0.25) is 0 Å². The third kappa shape index (κ3) is 5.52. The fraction of sp³-hybridized carbons (Fsp3) is 0.176. The van der Waals surface area contributed by atoms with Crippen LogP contribution in [0.4, 0.5) is 0 Å². The van der Waals surface area contributed by atoms with Crippen molar-refractivity contribution in [2.45, 2.75) is 12.5 Å². The van der Waals surface area contributed by atoms with Gasteiger partial charge >= 0.3 is 0 Å². The minimum absolute atomic E-state index is 0.0796. The molecule has 3 heterocycles. The molecule has 1 aromatic heterocycles. The Morgan fingerprint density at radius 1 is 0.911 bits per heavy atom. The number of ether oxygens (including phenoxy) is 2. The van der Waals surface area contributed by atoms with Gasteiger partial charge in [-0.2, -0.15) is 10.4 Å². The Bertz CT molecular complexity index is 2030. The van der Waals surface area contributed by atoms with Crippen LogP contribution in [0.1, 0.15) is 17.5 Å². The van der Waals surface area contributed by atoms with Crippen LogP contribution in [-0.4, -0.2) is 66.7 Å². The smallest absolute Gasteiger partial charge is 0.272 e. The molecular formula is C34H28N4O6S. The van der Waals surface area contributed by atoms with Gasteiger partial charge in [-0.05, 0) is 48.4 Å². The van der Waals surface area contributed by atoms with Gasteiger partial charge in [0.15, 0.2) is 21.3 Å². The summed E-state index contributed by atoms with van der Waals surface area (Å²) < 4.78 is 37.4. The fourth-order valence-corrected chi connectivity index (χ4v) is 7.41. The topological polar surface area (TPSA) is 132 Å². The number of para-hydroxylation sites is 1. The van der Waals surface area contributed by atoms with Gasteiger partial charge in [-0.15, -0.1) is 0 Å². The van der Waals surface area contributed by atoms with Gasteiger partial charge in [0.2, 0.25) is 0 Å². The number of sulfone groups is 1. The molecule has 0 radical (unpaired) electrons. The van der Waals surface area contributed by atoms with Crippen LogP contribution in [-0.2, 0) is 19.4 Å². The van der Waals surface area contributed by atoms with Gasteiger partial charge in [0.1, 0.15) is 17.3 Å². The summed E-state index contributed by atoms with van der Waals surface area (Å²) in [6.45, 7) is 0. The molecule has 6 rings (SSSR count). The van der Waals surface area contributed by atoms with E-state index in [0.717, 1.165) is 10.6 Å². The van der Waals surface area contributed by atoms with Gasteiger partial charge in [-0.1, -0.05) is 48.5 Å². The molecule has 11 heteroatoms. The summed E-state index contributed by atoms with van der Waals surface area (Å²) in [5.74, 6) is -0.961. The molecule has 1 atom stereocenters. The van der Waals surface area contributed by atoms with E-state index < -0.39 is 27.7 Å². The van der Waals surface area contributed by atoms with Crippen molar-refractivity contribution in [1.29, 1.82) is 5.26 Å². The van der Waals surface area contributed by atoms with Crippen LogP contribution in [0.5, 0.6) is 11.5 Å². The fourth-order valence-electron chi connectivity index (χ4n) is 5.71. The minimum Gasteiger partial charge on any atom is -0.493 e. The maximum Gasteiger partial charge on any atom is 0.272 e. The lowest BCUT2D eigenvalue weighted by Gasteiger charge is -2.32. The zero-order valence-electron chi connectivity index (χ0n) is 24.5. The largest absolute Gasteiger partial charge is 0.493 e. The first-order chi connectivity index (χ1) is 21.7. The van der Waals surface area contributed by atoms with Gasteiger partial charge in [-0.25, -0.2) is 13.1 Å². The number of benzene rings is 3. The van der Waals surface area contributed by atoms with Crippen molar-refractivity contribution < 1.29 is 27.5 Å². The van der Waals surface area contributed by atoms with E-state index in [9.17, 15) is 23.3 Å². The van der Waals surface area contributed by atoms with E-state index in [1.165, 1.54) is 7.11 Å². The number of nitrogens with zero attached hydrogens (tertiary/aromatic N) is 4. The summed E-state index contributed by atoms with van der Waals surface area (Å²) >= 11 is 0. The van der Waals surface area contributed by atoms with Crippen molar-refractivity contribution in [2.24, 2.45) is 0 Å². The average Bonchev–Trinajstić information content (AvgIpc) is 3.65. The average molecular weight is 621 g/mol. The Morgan fingerprint density at radius 2 is 1.60 bits per heavy atom. The summed E-state index contributed by atoms with van der Waals surface area (Å²) in [5, 5.41) is 15.1. The van der Waals surface area contributed by atoms with Crippen molar-refractivity contribution in [3.05, 3.63) is 107 Å². The number of nitriles is 1. The molecule has 3 aromatic carbocycles. The van der Waals surface area contributed by atoms with Crippen LogP contribution in [0.15, 0.2) is 96.2 Å². The van der Waals surface area contributed by atoms with Gasteiger partial charge in [0, 0.05) is 22.9 Å². The minimum atomic E-state index is -3.44. The molecule has 1 fully saturated rings. The standard InChI is InChI=1S/C34H28N4O6S/c1-43-29-14-13-23(18-30(29)44-2)32-24(20-37(36-32)25-11-7-4-8-12-25)17-27-31(22-9-5-3-6-10-22)28(19-35)34(40)38(33(27)39)26-15-16-45(41,42)21-26/h3-14,17-18,20,26H,15-16,21H2,1-2H3/b27-17-. The summed E-state index contributed by atoms with van der Waals surface area (Å²) in [6, 6.07) is 24.6. The lowest BCUT2D eigenvalue weighted by atomic mass is 9.86. The number of carbonyl (C=O) groups is 2. The highest BCUT2D eigenvalue weighted by atomic mass is 32.2. The molecule has 0 aliphatic carbocycles. The Balaban J connectivity index is 1.60. The van der Waals surface area contributed by atoms with Gasteiger partial charge in [-0.3, -0.25) is 14.5 Å². The lowest BCUT2D eigenvalue weighted by molar-refractivity contribution is -0.142. The first-order valence-electron chi connectivity index (χ1n) is 14.1. The highest BCUT2D eigenvalue weighted by molar-refractivity contribution is 7.91. The zero-order chi connectivity index (χ0) is 31.7. The van der Waals surface area contributed by atoms with E-state index in [-0.39, 0.29) is 34.6 Å². The Kier molecular flexibility index (Phi) is 7.83. The number of aromatic nitrogens is 2. The van der Waals surface area contributed by atoms with E-state index in [0.29, 0.717) is 33.9 Å². The SMILES string of the molecule is COc1ccc(-c2nn(-c3ccccc3)cc2/C=C2\C(=O)N(C3CCS(=O)(=O)C3)C(=O)C(C#N)=C2c2ccccc2)cc1OC. The van der Waals surface area contributed by atoms with Crippen molar-refractivity contribution in [2.75, 3.05) is 25.7 Å². The summed E-state index contributed by atoms with van der Waals surface area (Å²) in [7, 11) is -0.369. The summed E-state index contributed by atoms with van der Waals surface area (Å²) in [6.07, 6.45) is 3.48. The van der Waals surface area contributed by atoms with Crippen LogP contribution in [0, 0.1) is 11.3 Å². The molecule has 0 saturated carbocycles. The number of amides is 2. The first kappa shape index (κ1) is 29.6. The number of methoxy groups -OCH3 is 2. The predicted molar refractivity (Wildman–Crippen MR) is 168 cm³/mol. The van der Waals surface area contributed by atoms with Crippen molar-refractivity contribution in [3.63, 3.8) is 0 Å². The number of hydrogen-bond donors (Lipinski definition) is 0. The lowest BCUT2D eigenvalue weighted by Crippen LogP contribution is -2.49. The van der Waals surface area contributed by atoms with Gasteiger partial charge in [0.05, 0.1) is 43.0 Å². The number of carbonyl (C=O) groups excluding carboxylic acids is 2.